The first-order chi connectivity index (χ1) is 25.6. The van der Waals surface area contributed by atoms with Gasteiger partial charge in [-0.3, -0.25) is 4.79 Å². The highest BCUT2D eigenvalue weighted by atomic mass is 32.2. The smallest absolute Gasteiger partial charge is 0.211 e. The Balaban J connectivity index is 1.19. The highest BCUT2D eigenvalue weighted by molar-refractivity contribution is 7.88. The van der Waals surface area contributed by atoms with E-state index in [0.29, 0.717) is 48.3 Å². The van der Waals surface area contributed by atoms with E-state index in [1.54, 1.807) is 32.4 Å². The summed E-state index contributed by atoms with van der Waals surface area (Å²) >= 11 is 0. The van der Waals surface area contributed by atoms with Gasteiger partial charge in [-0.1, -0.05) is 92.7 Å². The maximum Gasteiger partial charge on any atom is 0.211 e. The summed E-state index contributed by atoms with van der Waals surface area (Å²) in [4.78, 5) is 15.1. The van der Waals surface area contributed by atoms with Gasteiger partial charge < -0.3 is 19.7 Å². The molecule has 3 aromatic rings. The Hall–Kier alpha value is -3.76. The van der Waals surface area contributed by atoms with Crippen LogP contribution in [-0.4, -0.2) is 67.4 Å². The maximum absolute atomic E-state index is 15.1. The molecule has 0 heterocycles. The number of nitrogens with zero attached hydrogens (tertiary/aromatic N) is 1. The number of hydrogen-bond acceptors (Lipinski definition) is 7. The van der Waals surface area contributed by atoms with Crippen molar-refractivity contribution in [3.63, 3.8) is 0 Å². The zero-order valence-corrected chi connectivity index (χ0v) is 32.9. The largest absolute Gasteiger partial charge is 0.497 e. The van der Waals surface area contributed by atoms with Crippen LogP contribution in [0.4, 0.5) is 0 Å². The molecule has 6 aliphatic carbocycles. The third-order valence-electron chi connectivity index (χ3n) is 15.0. The van der Waals surface area contributed by atoms with Crippen molar-refractivity contribution in [2.75, 3.05) is 27.0 Å². The standard InChI is InChI=1S/C45H53NO7S/c1-41-20-17-34(47)26-43(41)23-24-45(36(27-43)40(48)32-13-11-31(12-14-32)30-9-7-6-8-10-30)38(41)18-21-42(2)39(45)19-22-44(42,49)29-46(54(5,50)51)28-33-15-16-35(52-3)25-37(33)53-4/h6-16,23-25,27,34,38-39,47,49H,17-22,26,28-29H2,1-5H3/t34?,38-,39-,41-,42+,43+,44-,45-/m1/s1. The lowest BCUT2D eigenvalue weighted by molar-refractivity contribution is -0.173. The predicted molar refractivity (Wildman–Crippen MR) is 210 cm³/mol. The number of Topliss-reactive ketones (excluding diaryl/α,β-unsaturated/α-hetero) is 1. The molecule has 0 saturated heterocycles. The molecule has 6 aliphatic rings. The average Bonchev–Trinajstić information content (AvgIpc) is 3.44. The SMILES string of the molecule is COc1ccc(CN(C[C@]2(O)CC[C@H]3[C@]45C=C[C@@]6(C=C4C(=O)c4ccc(-c7ccccc7)cc4)CC(O)CC[C@]6(C)[C@H]5CC[C@@]32C)S(C)(=O)=O)c(OC)c1. The van der Waals surface area contributed by atoms with E-state index in [1.165, 1.54) is 10.6 Å². The van der Waals surface area contributed by atoms with Crippen LogP contribution in [-0.2, 0) is 16.6 Å². The summed E-state index contributed by atoms with van der Waals surface area (Å²) in [6.45, 7) is 4.47. The van der Waals surface area contributed by atoms with Crippen molar-refractivity contribution in [2.45, 2.75) is 77.0 Å². The zero-order chi connectivity index (χ0) is 38.3. The van der Waals surface area contributed by atoms with Gasteiger partial charge in [0.25, 0.3) is 0 Å². The van der Waals surface area contributed by atoms with Crippen LogP contribution in [0, 0.1) is 33.5 Å². The van der Waals surface area contributed by atoms with Gasteiger partial charge in [-0.25, -0.2) is 8.42 Å². The second kappa shape index (κ2) is 12.9. The molecule has 1 unspecified atom stereocenters. The lowest BCUT2D eigenvalue weighted by Crippen LogP contribution is -2.67. The van der Waals surface area contributed by atoms with Crippen LogP contribution < -0.4 is 9.47 Å². The monoisotopic (exact) mass is 751 g/mol. The van der Waals surface area contributed by atoms with Gasteiger partial charge in [0.05, 0.1) is 32.2 Å². The molecule has 2 bridgehead atoms. The molecule has 8 atom stereocenters. The molecule has 0 amide bonds. The minimum Gasteiger partial charge on any atom is -0.497 e. The number of ketones is 1. The number of ether oxygens (including phenoxy) is 2. The molecule has 0 radical (unpaired) electrons. The number of rotatable bonds is 10. The Morgan fingerprint density at radius 2 is 1.52 bits per heavy atom. The van der Waals surface area contributed by atoms with Crippen molar-refractivity contribution in [2.24, 2.45) is 33.5 Å². The van der Waals surface area contributed by atoms with Gasteiger partial charge >= 0.3 is 0 Å². The number of methoxy groups -OCH3 is 2. The number of aliphatic hydroxyl groups is 2. The third-order valence-corrected chi connectivity index (χ3v) is 16.2. The zero-order valence-electron chi connectivity index (χ0n) is 32.0. The predicted octanol–water partition coefficient (Wildman–Crippen LogP) is 7.61. The van der Waals surface area contributed by atoms with Gasteiger partial charge in [0.2, 0.25) is 10.0 Å². The second-order valence-electron chi connectivity index (χ2n) is 17.3. The number of aliphatic hydroxyl groups excluding tert-OH is 1. The number of fused-ring (bicyclic) bond motifs is 1. The van der Waals surface area contributed by atoms with Gasteiger partial charge in [0, 0.05) is 52.1 Å². The normalized spacial score (nSPS) is 35.2. The molecular formula is C45H53NO7S. The summed E-state index contributed by atoms with van der Waals surface area (Å²) in [5.41, 5.74) is 0.884. The Bertz CT molecular complexity index is 2130. The van der Waals surface area contributed by atoms with Crippen LogP contribution in [0.1, 0.15) is 74.7 Å². The summed E-state index contributed by atoms with van der Waals surface area (Å²) in [5, 5.41) is 24.0. The topological polar surface area (TPSA) is 113 Å². The molecule has 2 N–H and O–H groups in total. The average molecular weight is 752 g/mol. The minimum absolute atomic E-state index is 0.00509. The molecule has 3 saturated carbocycles. The number of benzene rings is 3. The molecule has 8 nitrogen and oxygen atoms in total. The summed E-state index contributed by atoms with van der Waals surface area (Å²) in [6, 6.07) is 23.3. The highest BCUT2D eigenvalue weighted by Gasteiger charge is 2.74. The summed E-state index contributed by atoms with van der Waals surface area (Å²) < 4.78 is 39.4. The first kappa shape index (κ1) is 37.2. The van der Waals surface area contributed by atoms with Crippen molar-refractivity contribution in [3.05, 3.63) is 108 Å². The van der Waals surface area contributed by atoms with Crippen LogP contribution in [0.25, 0.3) is 11.1 Å². The Labute approximate surface area is 319 Å². The van der Waals surface area contributed by atoms with Crippen molar-refractivity contribution < 1.29 is 32.9 Å². The maximum atomic E-state index is 15.1. The molecule has 0 aromatic heterocycles. The number of hydrogen-bond donors (Lipinski definition) is 2. The number of carbonyl (C=O) groups is 1. The van der Waals surface area contributed by atoms with E-state index in [4.69, 9.17) is 9.47 Å². The molecule has 286 valence electrons. The van der Waals surface area contributed by atoms with Gasteiger partial charge in [0.1, 0.15) is 11.5 Å². The van der Waals surface area contributed by atoms with Gasteiger partial charge in [0.15, 0.2) is 5.78 Å². The van der Waals surface area contributed by atoms with E-state index in [0.717, 1.165) is 36.0 Å². The van der Waals surface area contributed by atoms with Crippen LogP contribution in [0.3, 0.4) is 0 Å². The van der Waals surface area contributed by atoms with Gasteiger partial charge in [-0.15, -0.1) is 0 Å². The molecule has 9 rings (SSSR count). The highest BCUT2D eigenvalue weighted by Crippen LogP contribution is 2.78. The fraction of sp³-hybridized carbons (Fsp3) is 0.489. The van der Waals surface area contributed by atoms with E-state index in [1.807, 2.05) is 42.5 Å². The Kier molecular flexibility index (Phi) is 8.88. The quantitative estimate of drug-likeness (QED) is 0.162. The first-order valence-corrected chi connectivity index (χ1v) is 21.2. The fourth-order valence-corrected chi connectivity index (χ4v) is 12.8. The van der Waals surface area contributed by atoms with Crippen LogP contribution in [0.2, 0.25) is 0 Å². The molecule has 3 fully saturated rings. The van der Waals surface area contributed by atoms with Crippen molar-refractivity contribution in [1.82, 2.24) is 4.31 Å². The minimum atomic E-state index is -3.76. The molecule has 54 heavy (non-hydrogen) atoms. The second-order valence-corrected chi connectivity index (χ2v) is 19.3. The molecule has 0 aliphatic heterocycles. The van der Waals surface area contributed by atoms with Crippen molar-refractivity contribution >= 4 is 15.8 Å². The van der Waals surface area contributed by atoms with Crippen LogP contribution in [0.15, 0.2) is 96.6 Å². The van der Waals surface area contributed by atoms with E-state index in [-0.39, 0.29) is 36.1 Å². The lowest BCUT2D eigenvalue weighted by atomic mass is 9.32. The van der Waals surface area contributed by atoms with Gasteiger partial charge in [-0.2, -0.15) is 4.31 Å². The van der Waals surface area contributed by atoms with Crippen LogP contribution >= 0.6 is 0 Å². The van der Waals surface area contributed by atoms with Crippen molar-refractivity contribution in [3.8, 4) is 22.6 Å². The van der Waals surface area contributed by atoms with E-state index >= 15 is 4.79 Å². The first-order valence-electron chi connectivity index (χ1n) is 19.3. The summed E-state index contributed by atoms with van der Waals surface area (Å²) in [7, 11) is -0.647. The van der Waals surface area contributed by atoms with Crippen molar-refractivity contribution in [1.29, 1.82) is 0 Å². The third kappa shape index (κ3) is 5.40. The summed E-state index contributed by atoms with van der Waals surface area (Å²) in [6.07, 6.45) is 12.3. The Morgan fingerprint density at radius 1 is 0.852 bits per heavy atom. The molecule has 2 spiro atoms. The number of allylic oxidation sites excluding steroid dienone is 4. The molecule has 9 heteroatoms. The van der Waals surface area contributed by atoms with E-state index in [2.05, 4.69) is 44.2 Å². The van der Waals surface area contributed by atoms with Gasteiger partial charge in [-0.05, 0) is 79.4 Å². The molecule has 3 aromatic carbocycles. The lowest BCUT2D eigenvalue weighted by Gasteiger charge is -2.71. The number of carbonyl (C=O) groups excluding carboxylic acids is 1. The van der Waals surface area contributed by atoms with Crippen LogP contribution in [0.5, 0.6) is 11.5 Å². The van der Waals surface area contributed by atoms with E-state index < -0.39 is 38.0 Å². The number of sulfonamides is 1. The summed E-state index contributed by atoms with van der Waals surface area (Å²) in [5.74, 6) is 1.13. The van der Waals surface area contributed by atoms with E-state index in [9.17, 15) is 18.6 Å². The molecular weight excluding hydrogens is 699 g/mol. The Morgan fingerprint density at radius 3 is 2.20 bits per heavy atom. The fourth-order valence-electron chi connectivity index (χ4n) is 12.0.